The molecule has 6 nitrogen and oxygen atoms in total. The standard InChI is InChI=1S/C19H20N2O4/c1-24-14-8-7-13(15(9-14)25-2)10-20-21-18(22)16-11-3-4-12(6-5-11)17(16)19(21)23/h3-4,7-12,16-17H,5-6H2,1-2H3/b20-10-/t11-,12+,16-,17+. The van der Waals surface area contributed by atoms with Gasteiger partial charge in [-0.3, -0.25) is 9.59 Å². The number of carbonyl (C=O) groups excluding carboxylic acids is 2. The minimum atomic E-state index is -0.244. The van der Waals surface area contributed by atoms with Gasteiger partial charge in [0, 0.05) is 11.6 Å². The summed E-state index contributed by atoms with van der Waals surface area (Å²) >= 11 is 0. The van der Waals surface area contributed by atoms with Crippen molar-refractivity contribution in [1.29, 1.82) is 0 Å². The highest BCUT2D eigenvalue weighted by Crippen LogP contribution is 2.49. The molecule has 4 aliphatic rings. The molecule has 6 heteroatoms. The van der Waals surface area contributed by atoms with E-state index in [1.165, 1.54) is 6.21 Å². The van der Waals surface area contributed by atoms with Crippen molar-refractivity contribution in [3.8, 4) is 11.5 Å². The lowest BCUT2D eigenvalue weighted by atomic mass is 9.63. The molecular weight excluding hydrogens is 320 g/mol. The first kappa shape index (κ1) is 15.9. The number of rotatable bonds is 4. The maximum absolute atomic E-state index is 12.7. The number of carbonyl (C=O) groups is 2. The molecule has 25 heavy (non-hydrogen) atoms. The highest BCUT2D eigenvalue weighted by atomic mass is 16.5. The molecule has 0 spiro atoms. The molecule has 130 valence electrons. The summed E-state index contributed by atoms with van der Waals surface area (Å²) < 4.78 is 10.5. The zero-order valence-electron chi connectivity index (χ0n) is 14.2. The number of hydrogen-bond acceptors (Lipinski definition) is 5. The van der Waals surface area contributed by atoms with Crippen molar-refractivity contribution >= 4 is 18.0 Å². The van der Waals surface area contributed by atoms with Crippen LogP contribution in [0.2, 0.25) is 0 Å². The van der Waals surface area contributed by atoms with E-state index in [2.05, 4.69) is 17.3 Å². The van der Waals surface area contributed by atoms with E-state index in [1.54, 1.807) is 32.4 Å². The van der Waals surface area contributed by atoms with Gasteiger partial charge < -0.3 is 9.47 Å². The molecule has 1 heterocycles. The number of fused-ring (bicyclic) bond motifs is 1. The third-order valence-corrected chi connectivity index (χ3v) is 5.49. The second kappa shape index (κ2) is 6.02. The predicted octanol–water partition coefficient (Wildman–Crippen LogP) is 2.23. The molecule has 0 radical (unpaired) electrons. The largest absolute Gasteiger partial charge is 0.497 e. The Hall–Kier alpha value is -2.63. The summed E-state index contributed by atoms with van der Waals surface area (Å²) in [6.45, 7) is 0. The van der Waals surface area contributed by atoms with Crippen LogP contribution >= 0.6 is 0 Å². The first-order valence-corrected chi connectivity index (χ1v) is 8.46. The monoisotopic (exact) mass is 340 g/mol. The van der Waals surface area contributed by atoms with E-state index in [1.807, 2.05) is 0 Å². The second-order valence-electron chi connectivity index (χ2n) is 6.68. The summed E-state index contributed by atoms with van der Waals surface area (Å²) in [7, 11) is 3.13. The van der Waals surface area contributed by atoms with Gasteiger partial charge >= 0.3 is 0 Å². The molecule has 4 atom stereocenters. The van der Waals surface area contributed by atoms with E-state index in [4.69, 9.17) is 9.47 Å². The average Bonchev–Trinajstić information content (AvgIpc) is 2.93. The summed E-state index contributed by atoms with van der Waals surface area (Å²) in [6.07, 6.45) is 7.65. The highest BCUT2D eigenvalue weighted by Gasteiger charge is 2.56. The van der Waals surface area contributed by atoms with E-state index in [0.29, 0.717) is 17.1 Å². The van der Waals surface area contributed by atoms with Crippen LogP contribution in [-0.4, -0.2) is 37.3 Å². The second-order valence-corrected chi connectivity index (χ2v) is 6.68. The quantitative estimate of drug-likeness (QED) is 0.479. The number of ether oxygens (including phenoxy) is 2. The normalized spacial score (nSPS) is 30.2. The number of hydrogen-bond donors (Lipinski definition) is 0. The Balaban J connectivity index is 1.60. The Morgan fingerprint density at radius 2 is 1.68 bits per heavy atom. The SMILES string of the molecule is COc1ccc(/C=N\N2C(=O)[C@@H]3[C@H](C2=O)[C@@H]2C=C[C@H]3CC2)c(OC)c1. The third kappa shape index (κ3) is 2.44. The van der Waals surface area contributed by atoms with Crippen LogP contribution in [-0.2, 0) is 9.59 Å². The number of benzene rings is 1. The lowest BCUT2D eigenvalue weighted by Crippen LogP contribution is -2.38. The zero-order chi connectivity index (χ0) is 17.6. The maximum Gasteiger partial charge on any atom is 0.254 e. The molecule has 0 unspecified atom stereocenters. The van der Waals surface area contributed by atoms with Crippen LogP contribution in [0.3, 0.4) is 0 Å². The molecule has 3 aliphatic carbocycles. The molecule has 1 aromatic rings. The summed E-state index contributed by atoms with van der Waals surface area (Å²) in [5.74, 6) is 0.717. The van der Waals surface area contributed by atoms with Gasteiger partial charge in [-0.15, -0.1) is 0 Å². The van der Waals surface area contributed by atoms with Crippen molar-refractivity contribution in [1.82, 2.24) is 5.01 Å². The topological polar surface area (TPSA) is 68.2 Å². The van der Waals surface area contributed by atoms with Gasteiger partial charge in [-0.2, -0.15) is 10.1 Å². The van der Waals surface area contributed by atoms with Crippen molar-refractivity contribution in [3.05, 3.63) is 35.9 Å². The lowest BCUT2D eigenvalue weighted by Gasteiger charge is -2.37. The molecule has 2 fully saturated rings. The maximum atomic E-state index is 12.7. The van der Waals surface area contributed by atoms with E-state index < -0.39 is 0 Å². The van der Waals surface area contributed by atoms with Gasteiger partial charge in [0.1, 0.15) is 11.5 Å². The third-order valence-electron chi connectivity index (χ3n) is 5.49. The van der Waals surface area contributed by atoms with Crippen LogP contribution in [0, 0.1) is 23.7 Å². The van der Waals surface area contributed by atoms with Crippen LogP contribution in [0.25, 0.3) is 0 Å². The molecule has 1 aromatic carbocycles. The molecule has 2 bridgehead atoms. The molecule has 0 aromatic heterocycles. The van der Waals surface area contributed by atoms with Crippen LogP contribution in [0.5, 0.6) is 11.5 Å². The Morgan fingerprint density at radius 1 is 1.04 bits per heavy atom. The Kier molecular flexibility index (Phi) is 3.82. The molecule has 1 aliphatic heterocycles. The molecule has 2 amide bonds. The number of amides is 2. The van der Waals surface area contributed by atoms with Crippen molar-refractivity contribution in [3.63, 3.8) is 0 Å². The van der Waals surface area contributed by atoms with Crippen molar-refractivity contribution < 1.29 is 19.1 Å². The van der Waals surface area contributed by atoms with Crippen LogP contribution < -0.4 is 9.47 Å². The number of methoxy groups -OCH3 is 2. The fourth-order valence-corrected chi connectivity index (χ4v) is 4.22. The Morgan fingerprint density at radius 3 is 2.20 bits per heavy atom. The van der Waals surface area contributed by atoms with Gasteiger partial charge in [0.05, 0.1) is 32.3 Å². The van der Waals surface area contributed by atoms with Gasteiger partial charge in [-0.05, 0) is 36.8 Å². The number of hydrazone groups is 1. The van der Waals surface area contributed by atoms with E-state index in [0.717, 1.165) is 17.9 Å². The zero-order valence-corrected chi connectivity index (χ0v) is 14.2. The highest BCUT2D eigenvalue weighted by molar-refractivity contribution is 6.06. The molecule has 0 N–H and O–H groups in total. The lowest BCUT2D eigenvalue weighted by molar-refractivity contribution is -0.140. The number of nitrogens with zero attached hydrogens (tertiary/aromatic N) is 2. The van der Waals surface area contributed by atoms with Gasteiger partial charge in [-0.1, -0.05) is 12.2 Å². The summed E-state index contributed by atoms with van der Waals surface area (Å²) in [4.78, 5) is 25.4. The fraction of sp³-hybridized carbons (Fsp3) is 0.421. The molecule has 5 rings (SSSR count). The van der Waals surface area contributed by atoms with Crippen LogP contribution in [0.15, 0.2) is 35.5 Å². The Labute approximate surface area is 146 Å². The van der Waals surface area contributed by atoms with E-state index in [9.17, 15) is 9.59 Å². The summed E-state index contributed by atoms with van der Waals surface area (Å²) in [6, 6.07) is 5.30. The minimum Gasteiger partial charge on any atom is -0.497 e. The molecule has 1 saturated heterocycles. The molecule has 1 saturated carbocycles. The summed E-state index contributed by atoms with van der Waals surface area (Å²) in [5.41, 5.74) is 0.680. The first-order chi connectivity index (χ1) is 12.1. The van der Waals surface area contributed by atoms with E-state index in [-0.39, 0.29) is 35.5 Å². The minimum absolute atomic E-state index is 0.169. The van der Waals surface area contributed by atoms with Crippen molar-refractivity contribution in [2.24, 2.45) is 28.8 Å². The van der Waals surface area contributed by atoms with Crippen molar-refractivity contribution in [2.45, 2.75) is 12.8 Å². The fourth-order valence-electron chi connectivity index (χ4n) is 4.22. The van der Waals surface area contributed by atoms with Crippen LogP contribution in [0.1, 0.15) is 18.4 Å². The number of allylic oxidation sites excluding steroid dienone is 2. The summed E-state index contributed by atoms with van der Waals surface area (Å²) in [5, 5.41) is 5.25. The van der Waals surface area contributed by atoms with Gasteiger partial charge in [0.15, 0.2) is 0 Å². The average molecular weight is 340 g/mol. The first-order valence-electron chi connectivity index (χ1n) is 8.46. The van der Waals surface area contributed by atoms with Crippen LogP contribution in [0.4, 0.5) is 0 Å². The number of imide groups is 1. The van der Waals surface area contributed by atoms with Gasteiger partial charge in [0.2, 0.25) is 0 Å². The predicted molar refractivity (Wildman–Crippen MR) is 91.3 cm³/mol. The Bertz CT molecular complexity index is 754. The molecular formula is C19H20N2O4. The van der Waals surface area contributed by atoms with Crippen molar-refractivity contribution in [2.75, 3.05) is 14.2 Å². The smallest absolute Gasteiger partial charge is 0.254 e. The van der Waals surface area contributed by atoms with E-state index >= 15 is 0 Å². The van der Waals surface area contributed by atoms with Gasteiger partial charge in [0.25, 0.3) is 11.8 Å². The van der Waals surface area contributed by atoms with Gasteiger partial charge in [-0.25, -0.2) is 0 Å².